The van der Waals surface area contributed by atoms with E-state index in [1.807, 2.05) is 24.3 Å². The number of piperidine rings is 1. The number of benzene rings is 1. The van der Waals surface area contributed by atoms with Gasteiger partial charge in [-0.2, -0.15) is 0 Å². The van der Waals surface area contributed by atoms with Crippen LogP contribution in [0.4, 0.5) is 0 Å². The minimum Gasteiger partial charge on any atom is -0.497 e. The first kappa shape index (κ1) is 20.8. The molecule has 0 spiro atoms. The van der Waals surface area contributed by atoms with Crippen LogP contribution in [0.5, 0.6) is 11.5 Å². The minimum absolute atomic E-state index is 0.129. The smallest absolute Gasteiger partial charge is 0.289 e. The number of rotatable bonds is 5. The van der Waals surface area contributed by atoms with Crippen molar-refractivity contribution in [2.75, 3.05) is 26.8 Å². The summed E-state index contributed by atoms with van der Waals surface area (Å²) in [6.45, 7) is 5.16. The molecule has 0 bridgehead atoms. The fourth-order valence-electron chi connectivity index (χ4n) is 3.08. The predicted molar refractivity (Wildman–Crippen MR) is 109 cm³/mol. The van der Waals surface area contributed by atoms with Crippen LogP contribution in [0, 0.1) is 17.8 Å². The zero-order valence-electron chi connectivity index (χ0n) is 17.1. The molecule has 6 nitrogen and oxygen atoms in total. The zero-order chi connectivity index (χ0) is 20.9. The first-order chi connectivity index (χ1) is 13.8. The minimum atomic E-state index is -1.10. The van der Waals surface area contributed by atoms with Crippen molar-refractivity contribution in [3.63, 3.8) is 0 Å². The number of nitrogens with zero attached hydrogens (tertiary/aromatic N) is 1. The lowest BCUT2D eigenvalue weighted by molar-refractivity contribution is 0.0629. The summed E-state index contributed by atoms with van der Waals surface area (Å²) in [7, 11) is 1.64. The third-order valence-corrected chi connectivity index (χ3v) is 4.76. The van der Waals surface area contributed by atoms with Crippen LogP contribution in [0.15, 0.2) is 40.8 Å². The van der Waals surface area contributed by atoms with Gasteiger partial charge in [0, 0.05) is 13.1 Å². The van der Waals surface area contributed by atoms with E-state index in [4.69, 9.17) is 13.9 Å². The quantitative estimate of drug-likeness (QED) is 0.784. The maximum atomic E-state index is 12.7. The summed E-state index contributed by atoms with van der Waals surface area (Å²) >= 11 is 0. The van der Waals surface area contributed by atoms with Crippen molar-refractivity contribution in [3.8, 4) is 23.3 Å². The Labute approximate surface area is 171 Å². The third kappa shape index (κ3) is 6.03. The van der Waals surface area contributed by atoms with E-state index in [1.54, 1.807) is 38.0 Å². The number of methoxy groups -OCH3 is 1. The molecule has 1 amide bonds. The van der Waals surface area contributed by atoms with E-state index in [0.29, 0.717) is 31.4 Å². The van der Waals surface area contributed by atoms with Gasteiger partial charge < -0.3 is 23.9 Å². The Morgan fingerprint density at radius 2 is 1.83 bits per heavy atom. The molecule has 1 aliphatic rings. The first-order valence-corrected chi connectivity index (χ1v) is 9.75. The highest BCUT2D eigenvalue weighted by atomic mass is 16.5. The number of hydrogen-bond acceptors (Lipinski definition) is 5. The van der Waals surface area contributed by atoms with E-state index in [1.165, 1.54) is 0 Å². The first-order valence-electron chi connectivity index (χ1n) is 9.75. The van der Waals surface area contributed by atoms with Crippen molar-refractivity contribution < 1.29 is 23.8 Å². The van der Waals surface area contributed by atoms with E-state index in [-0.39, 0.29) is 11.7 Å². The molecule has 0 radical (unpaired) electrons. The Balaban J connectivity index is 1.48. The van der Waals surface area contributed by atoms with Crippen LogP contribution in [-0.2, 0) is 0 Å². The Morgan fingerprint density at radius 3 is 2.45 bits per heavy atom. The molecule has 0 aliphatic carbocycles. The van der Waals surface area contributed by atoms with E-state index in [9.17, 15) is 9.90 Å². The molecule has 1 fully saturated rings. The zero-order valence-corrected chi connectivity index (χ0v) is 17.1. The Bertz CT molecular complexity index is 874. The summed E-state index contributed by atoms with van der Waals surface area (Å²) < 4.78 is 16.5. The maximum absolute atomic E-state index is 12.7. The molecule has 0 saturated carbocycles. The van der Waals surface area contributed by atoms with Gasteiger partial charge in [0.1, 0.15) is 17.1 Å². The molecular weight excluding hydrogens is 370 g/mol. The largest absolute Gasteiger partial charge is 0.497 e. The number of likely N-dealkylation sites (tertiary alicyclic amines) is 1. The summed E-state index contributed by atoms with van der Waals surface area (Å²) in [4.78, 5) is 14.5. The summed E-state index contributed by atoms with van der Waals surface area (Å²) in [6.07, 6.45) is 1.77. The molecule has 0 atom stereocenters. The molecule has 1 aromatic heterocycles. The summed E-state index contributed by atoms with van der Waals surface area (Å²) in [5, 5.41) is 9.66. The van der Waals surface area contributed by atoms with Crippen LogP contribution in [0.25, 0.3) is 0 Å². The molecule has 0 unspecified atom stereocenters. The van der Waals surface area contributed by atoms with Gasteiger partial charge in [-0.05, 0) is 74.9 Å². The molecule has 6 heteroatoms. The highest BCUT2D eigenvalue weighted by molar-refractivity contribution is 5.91. The van der Waals surface area contributed by atoms with E-state index < -0.39 is 5.60 Å². The lowest BCUT2D eigenvalue weighted by atomic mass is 9.97. The van der Waals surface area contributed by atoms with Gasteiger partial charge in [0.15, 0.2) is 11.5 Å². The topological polar surface area (TPSA) is 72.1 Å². The molecule has 1 N–H and O–H groups in total. The molecule has 2 aromatic rings. The lowest BCUT2D eigenvalue weighted by Crippen LogP contribution is -2.39. The number of carbonyl (C=O) groups is 1. The van der Waals surface area contributed by atoms with Gasteiger partial charge in [-0.15, -0.1) is 0 Å². The van der Waals surface area contributed by atoms with Crippen LogP contribution < -0.4 is 9.47 Å². The second-order valence-corrected chi connectivity index (χ2v) is 7.70. The fraction of sp³-hybridized carbons (Fsp3) is 0.435. The number of ether oxygens (including phenoxy) is 2. The Morgan fingerprint density at radius 1 is 1.17 bits per heavy atom. The highest BCUT2D eigenvalue weighted by Crippen LogP contribution is 2.23. The lowest BCUT2D eigenvalue weighted by Gasteiger charge is -2.31. The van der Waals surface area contributed by atoms with Gasteiger partial charge >= 0.3 is 0 Å². The van der Waals surface area contributed by atoms with E-state index >= 15 is 0 Å². The van der Waals surface area contributed by atoms with Crippen LogP contribution in [0.1, 0.15) is 43.0 Å². The molecule has 3 rings (SSSR count). The number of hydrogen-bond donors (Lipinski definition) is 1. The average Bonchev–Trinajstić information content (AvgIpc) is 3.20. The second-order valence-electron chi connectivity index (χ2n) is 7.70. The molecule has 1 aromatic carbocycles. The van der Waals surface area contributed by atoms with E-state index in [0.717, 1.165) is 24.3 Å². The highest BCUT2D eigenvalue weighted by Gasteiger charge is 2.25. The molecule has 2 heterocycles. The molecule has 154 valence electrons. The standard InChI is InChI=1S/C23H27NO5/c1-23(2,26)13-10-20-8-9-21(29-20)22(25)24-14-11-17(12-15-24)16-28-19-6-4-18(27-3)5-7-19/h4-9,17,26H,11-12,14-16H2,1-3H3. The van der Waals surface area contributed by atoms with Crippen LogP contribution in [0.3, 0.4) is 0 Å². The summed E-state index contributed by atoms with van der Waals surface area (Å²) in [5.74, 6) is 7.97. The van der Waals surface area contributed by atoms with Crippen molar-refractivity contribution in [1.29, 1.82) is 0 Å². The van der Waals surface area contributed by atoms with Crippen molar-refractivity contribution in [3.05, 3.63) is 47.9 Å². The van der Waals surface area contributed by atoms with Gasteiger partial charge in [-0.3, -0.25) is 4.79 Å². The second kappa shape index (κ2) is 9.06. The van der Waals surface area contributed by atoms with Gasteiger partial charge in [0.2, 0.25) is 0 Å². The normalized spacial score (nSPS) is 14.8. The number of aliphatic hydroxyl groups is 1. The van der Waals surface area contributed by atoms with Gasteiger partial charge in [0.05, 0.1) is 13.7 Å². The van der Waals surface area contributed by atoms with Crippen LogP contribution >= 0.6 is 0 Å². The number of amides is 1. The van der Waals surface area contributed by atoms with Gasteiger partial charge in [0.25, 0.3) is 5.91 Å². The predicted octanol–water partition coefficient (Wildman–Crippen LogP) is 3.34. The SMILES string of the molecule is COc1ccc(OCC2CCN(C(=O)c3ccc(C#CC(C)(C)O)o3)CC2)cc1. The Kier molecular flexibility index (Phi) is 6.50. The molecular formula is C23H27NO5. The monoisotopic (exact) mass is 397 g/mol. The number of furan rings is 1. The Hall–Kier alpha value is -2.91. The van der Waals surface area contributed by atoms with Crippen molar-refractivity contribution in [1.82, 2.24) is 4.90 Å². The van der Waals surface area contributed by atoms with Crippen LogP contribution in [-0.4, -0.2) is 48.3 Å². The maximum Gasteiger partial charge on any atom is 0.289 e. The molecule has 29 heavy (non-hydrogen) atoms. The molecule has 1 saturated heterocycles. The summed E-state index contributed by atoms with van der Waals surface area (Å²) in [6, 6.07) is 10.8. The van der Waals surface area contributed by atoms with Crippen molar-refractivity contribution in [2.24, 2.45) is 5.92 Å². The van der Waals surface area contributed by atoms with Gasteiger partial charge in [-0.1, -0.05) is 5.92 Å². The average molecular weight is 397 g/mol. The van der Waals surface area contributed by atoms with Crippen LogP contribution in [0.2, 0.25) is 0 Å². The van der Waals surface area contributed by atoms with E-state index in [2.05, 4.69) is 11.8 Å². The third-order valence-electron chi connectivity index (χ3n) is 4.76. The van der Waals surface area contributed by atoms with Gasteiger partial charge in [-0.25, -0.2) is 0 Å². The number of carbonyl (C=O) groups excluding carboxylic acids is 1. The fourth-order valence-corrected chi connectivity index (χ4v) is 3.08. The molecule has 1 aliphatic heterocycles. The van der Waals surface area contributed by atoms with Crippen molar-refractivity contribution >= 4 is 5.91 Å². The summed E-state index contributed by atoms with van der Waals surface area (Å²) in [5.41, 5.74) is -1.10. The van der Waals surface area contributed by atoms with Crippen molar-refractivity contribution in [2.45, 2.75) is 32.3 Å².